The molecule has 9 heteroatoms. The Bertz CT molecular complexity index is 1080. The molecule has 140 valence electrons. The zero-order valence-electron chi connectivity index (χ0n) is 14.3. The first-order chi connectivity index (χ1) is 12.9. The van der Waals surface area contributed by atoms with Crippen molar-refractivity contribution in [3.05, 3.63) is 64.4 Å². The van der Waals surface area contributed by atoms with E-state index >= 15 is 0 Å². The van der Waals surface area contributed by atoms with Crippen LogP contribution in [-0.4, -0.2) is 24.1 Å². The van der Waals surface area contributed by atoms with E-state index in [1.54, 1.807) is 43.3 Å². The number of benzene rings is 2. The van der Waals surface area contributed by atoms with Gasteiger partial charge in [-0.2, -0.15) is 0 Å². The number of sulfone groups is 1. The van der Waals surface area contributed by atoms with Crippen LogP contribution in [0.4, 0.5) is 23.0 Å². The van der Waals surface area contributed by atoms with E-state index in [4.69, 9.17) is 11.6 Å². The Morgan fingerprint density at radius 2 is 1.67 bits per heavy atom. The first-order valence-electron chi connectivity index (χ1n) is 8.01. The molecule has 0 spiro atoms. The molecule has 0 aliphatic heterocycles. The maximum Gasteiger partial charge on any atom is 0.178 e. The minimum absolute atomic E-state index is 0.0503. The number of nitrogens with zero attached hydrogens (tertiary/aromatic N) is 2. The van der Waals surface area contributed by atoms with Crippen molar-refractivity contribution in [3.8, 4) is 0 Å². The van der Waals surface area contributed by atoms with Crippen molar-refractivity contribution in [2.24, 2.45) is 0 Å². The van der Waals surface area contributed by atoms with Crippen LogP contribution in [-0.2, 0) is 9.84 Å². The topological polar surface area (TPSA) is 84.0 Å². The Labute approximate surface area is 171 Å². The van der Waals surface area contributed by atoms with Crippen LogP contribution in [0.1, 0.15) is 6.92 Å². The van der Waals surface area contributed by atoms with Crippen LogP contribution in [0.2, 0.25) is 5.02 Å². The molecule has 0 bridgehead atoms. The highest BCUT2D eigenvalue weighted by atomic mass is 79.9. The zero-order chi connectivity index (χ0) is 19.4. The second-order valence-electron chi connectivity index (χ2n) is 5.60. The van der Waals surface area contributed by atoms with E-state index in [9.17, 15) is 8.42 Å². The maximum atomic E-state index is 12.0. The third-order valence-corrected chi connectivity index (χ3v) is 6.65. The molecule has 6 nitrogen and oxygen atoms in total. The van der Waals surface area contributed by atoms with E-state index in [1.165, 1.54) is 6.33 Å². The summed E-state index contributed by atoms with van der Waals surface area (Å²) in [6, 6.07) is 13.8. The summed E-state index contributed by atoms with van der Waals surface area (Å²) >= 11 is 9.38. The molecule has 0 radical (unpaired) electrons. The van der Waals surface area contributed by atoms with Crippen molar-refractivity contribution in [3.63, 3.8) is 0 Å². The van der Waals surface area contributed by atoms with Gasteiger partial charge in [-0.3, -0.25) is 0 Å². The standard InChI is InChI=1S/C18H16BrClN4O2S/c1-2-27(25,26)14-5-3-4-12(8-14)23-17-10-18(22-11-21-17)24-13-6-7-16(20)15(19)9-13/h3-11H,2H2,1H3,(H2,21,22,23,24). The van der Waals surface area contributed by atoms with Gasteiger partial charge in [0.05, 0.1) is 15.7 Å². The van der Waals surface area contributed by atoms with E-state index in [2.05, 4.69) is 36.5 Å². The van der Waals surface area contributed by atoms with Gasteiger partial charge in [0.25, 0.3) is 0 Å². The van der Waals surface area contributed by atoms with E-state index in [0.717, 1.165) is 10.2 Å². The summed E-state index contributed by atoms with van der Waals surface area (Å²) in [5.74, 6) is 1.17. The van der Waals surface area contributed by atoms with Crippen LogP contribution >= 0.6 is 27.5 Å². The fourth-order valence-electron chi connectivity index (χ4n) is 2.30. The molecular weight excluding hydrogens is 452 g/mol. The average molecular weight is 468 g/mol. The van der Waals surface area contributed by atoms with Gasteiger partial charge in [-0.15, -0.1) is 0 Å². The minimum Gasteiger partial charge on any atom is -0.340 e. The molecule has 0 unspecified atom stereocenters. The molecular formula is C18H16BrClN4O2S. The summed E-state index contributed by atoms with van der Waals surface area (Å²) in [7, 11) is -3.27. The molecule has 1 aromatic heterocycles. The van der Waals surface area contributed by atoms with Crippen LogP contribution in [0.15, 0.2) is 64.2 Å². The molecule has 3 aromatic rings. The number of anilines is 4. The minimum atomic E-state index is -3.27. The number of rotatable bonds is 6. The van der Waals surface area contributed by atoms with Gasteiger partial charge in [-0.25, -0.2) is 18.4 Å². The lowest BCUT2D eigenvalue weighted by atomic mass is 10.3. The molecule has 0 atom stereocenters. The molecule has 0 fully saturated rings. The molecule has 1 heterocycles. The summed E-state index contributed by atoms with van der Waals surface area (Å²) in [5.41, 5.74) is 1.44. The van der Waals surface area contributed by atoms with Gasteiger partial charge in [0.15, 0.2) is 9.84 Å². The smallest absolute Gasteiger partial charge is 0.178 e. The first-order valence-corrected chi connectivity index (χ1v) is 10.8. The van der Waals surface area contributed by atoms with Gasteiger partial charge in [-0.05, 0) is 52.3 Å². The fourth-order valence-corrected chi connectivity index (χ4v) is 3.72. The van der Waals surface area contributed by atoms with Crippen molar-refractivity contribution in [1.29, 1.82) is 0 Å². The Kier molecular flexibility index (Phi) is 5.98. The third-order valence-electron chi connectivity index (χ3n) is 3.70. The van der Waals surface area contributed by atoms with Gasteiger partial charge >= 0.3 is 0 Å². The Balaban J connectivity index is 1.80. The second kappa shape index (κ2) is 8.24. The molecule has 0 saturated carbocycles. The number of hydrogen-bond donors (Lipinski definition) is 2. The number of nitrogens with one attached hydrogen (secondary N) is 2. The van der Waals surface area contributed by atoms with Gasteiger partial charge < -0.3 is 10.6 Å². The van der Waals surface area contributed by atoms with E-state index in [-0.39, 0.29) is 10.6 Å². The van der Waals surface area contributed by atoms with Crippen molar-refractivity contribution >= 4 is 60.4 Å². The van der Waals surface area contributed by atoms with E-state index in [0.29, 0.717) is 22.3 Å². The molecule has 27 heavy (non-hydrogen) atoms. The van der Waals surface area contributed by atoms with E-state index in [1.807, 2.05) is 12.1 Å². The lowest BCUT2D eigenvalue weighted by Gasteiger charge is -2.10. The summed E-state index contributed by atoms with van der Waals surface area (Å²) in [4.78, 5) is 8.64. The Hall–Kier alpha value is -2.16. The Morgan fingerprint density at radius 1 is 1.00 bits per heavy atom. The van der Waals surface area contributed by atoms with Crippen molar-refractivity contribution in [1.82, 2.24) is 9.97 Å². The first kappa shape index (κ1) is 19.6. The highest BCUT2D eigenvalue weighted by Crippen LogP contribution is 2.27. The Morgan fingerprint density at radius 3 is 2.30 bits per heavy atom. The fraction of sp³-hybridized carbons (Fsp3) is 0.111. The highest BCUT2D eigenvalue weighted by Gasteiger charge is 2.12. The van der Waals surface area contributed by atoms with Crippen LogP contribution in [0.3, 0.4) is 0 Å². The SMILES string of the molecule is CCS(=O)(=O)c1cccc(Nc2cc(Nc3ccc(Cl)c(Br)c3)ncn2)c1. The summed E-state index contributed by atoms with van der Waals surface area (Å²) in [5, 5.41) is 6.89. The molecule has 0 saturated heterocycles. The lowest BCUT2D eigenvalue weighted by molar-refractivity contribution is 0.597. The number of halogens is 2. The molecule has 0 aliphatic rings. The second-order valence-corrected chi connectivity index (χ2v) is 9.14. The van der Waals surface area contributed by atoms with Gasteiger partial charge in [0, 0.05) is 21.9 Å². The van der Waals surface area contributed by atoms with Crippen molar-refractivity contribution < 1.29 is 8.42 Å². The number of hydrogen-bond acceptors (Lipinski definition) is 6. The van der Waals surface area contributed by atoms with Crippen LogP contribution in [0.5, 0.6) is 0 Å². The quantitative estimate of drug-likeness (QED) is 0.520. The normalized spacial score (nSPS) is 11.2. The third kappa shape index (κ3) is 4.97. The van der Waals surface area contributed by atoms with E-state index < -0.39 is 9.84 Å². The number of aromatic nitrogens is 2. The zero-order valence-corrected chi connectivity index (χ0v) is 17.4. The maximum absolute atomic E-state index is 12.0. The monoisotopic (exact) mass is 466 g/mol. The largest absolute Gasteiger partial charge is 0.340 e. The molecule has 3 rings (SSSR count). The molecule has 2 aromatic carbocycles. The van der Waals surface area contributed by atoms with Crippen molar-refractivity contribution in [2.45, 2.75) is 11.8 Å². The summed E-state index contributed by atoms with van der Waals surface area (Å²) < 4.78 is 24.8. The van der Waals surface area contributed by atoms with Crippen LogP contribution in [0.25, 0.3) is 0 Å². The van der Waals surface area contributed by atoms with Gasteiger partial charge in [0.2, 0.25) is 0 Å². The van der Waals surface area contributed by atoms with Crippen molar-refractivity contribution in [2.75, 3.05) is 16.4 Å². The lowest BCUT2D eigenvalue weighted by Crippen LogP contribution is -2.04. The van der Waals surface area contributed by atoms with Gasteiger partial charge in [0.1, 0.15) is 18.0 Å². The van der Waals surface area contributed by atoms with Crippen LogP contribution in [0, 0.1) is 0 Å². The van der Waals surface area contributed by atoms with Gasteiger partial charge in [-0.1, -0.05) is 24.6 Å². The molecule has 0 aliphatic carbocycles. The predicted octanol–water partition coefficient (Wildman–Crippen LogP) is 5.17. The highest BCUT2D eigenvalue weighted by molar-refractivity contribution is 9.10. The average Bonchev–Trinajstić information content (AvgIpc) is 2.65. The summed E-state index contributed by atoms with van der Waals surface area (Å²) in [6.45, 7) is 1.62. The predicted molar refractivity (Wildman–Crippen MR) is 112 cm³/mol. The molecule has 0 amide bonds. The summed E-state index contributed by atoms with van der Waals surface area (Å²) in [6.07, 6.45) is 1.42. The van der Waals surface area contributed by atoms with Crippen LogP contribution < -0.4 is 10.6 Å². The molecule has 2 N–H and O–H groups in total.